The van der Waals surface area contributed by atoms with Gasteiger partial charge in [0.25, 0.3) is 0 Å². The smallest absolute Gasteiger partial charge is 0.340 e. The molecule has 0 amide bonds. The fourth-order valence-corrected chi connectivity index (χ4v) is 5.42. The van der Waals surface area contributed by atoms with Crippen molar-refractivity contribution in [3.8, 4) is 11.8 Å². The van der Waals surface area contributed by atoms with Crippen LogP contribution in [0.1, 0.15) is 66.7 Å². The molecule has 2 saturated heterocycles. The second kappa shape index (κ2) is 6.96. The molecule has 3 heterocycles. The van der Waals surface area contributed by atoms with E-state index < -0.39 is 0 Å². The monoisotopic (exact) mass is 414 g/mol. The molecule has 1 aromatic heterocycles. The van der Waals surface area contributed by atoms with E-state index in [0.29, 0.717) is 5.56 Å². The molecule has 1 unspecified atom stereocenters. The Morgan fingerprint density at radius 3 is 2.58 bits per heavy atom. The number of fused-ring (bicyclic) bond motifs is 2. The summed E-state index contributed by atoms with van der Waals surface area (Å²) < 4.78 is 12.9. The maximum Gasteiger partial charge on any atom is 0.340 e. The third-order valence-electron chi connectivity index (χ3n) is 6.92. The molecule has 3 aromatic rings. The summed E-state index contributed by atoms with van der Waals surface area (Å²) in [4.78, 5) is 12.5. The van der Waals surface area contributed by atoms with E-state index in [-0.39, 0.29) is 23.0 Å². The zero-order valence-electron chi connectivity index (χ0n) is 18.4. The summed E-state index contributed by atoms with van der Waals surface area (Å²) in [6.07, 6.45) is 3.99. The number of esters is 1. The van der Waals surface area contributed by atoms with Crippen LogP contribution in [0.25, 0.3) is 10.9 Å². The quantitative estimate of drug-likeness (QED) is 0.462. The molecule has 3 fully saturated rings. The van der Waals surface area contributed by atoms with Gasteiger partial charge in [0, 0.05) is 16.4 Å². The maximum atomic E-state index is 12.5. The van der Waals surface area contributed by atoms with E-state index in [4.69, 9.17) is 9.47 Å². The van der Waals surface area contributed by atoms with Crippen LogP contribution in [0, 0.1) is 11.8 Å². The molecule has 0 N–H and O–H groups in total. The van der Waals surface area contributed by atoms with Gasteiger partial charge < -0.3 is 9.47 Å². The summed E-state index contributed by atoms with van der Waals surface area (Å²) in [5.74, 6) is 5.67. The molecule has 2 aromatic carbocycles. The average Bonchev–Trinajstić information content (AvgIpc) is 3.45. The normalized spacial score (nSPS) is 24.9. The van der Waals surface area contributed by atoms with Gasteiger partial charge in [-0.15, -0.1) is 5.92 Å². The number of aromatic nitrogens is 2. The predicted molar refractivity (Wildman–Crippen MR) is 119 cm³/mol. The van der Waals surface area contributed by atoms with Crippen LogP contribution in [-0.2, 0) is 14.9 Å². The minimum Gasteiger partial charge on any atom is -0.465 e. The van der Waals surface area contributed by atoms with Crippen molar-refractivity contribution in [3.63, 3.8) is 0 Å². The van der Waals surface area contributed by atoms with Crippen molar-refractivity contribution in [1.82, 2.24) is 9.78 Å². The molecule has 5 nitrogen and oxygen atoms in total. The molecule has 1 atom stereocenters. The third kappa shape index (κ3) is 2.97. The molecule has 158 valence electrons. The van der Waals surface area contributed by atoms with Crippen molar-refractivity contribution < 1.29 is 14.3 Å². The number of benzene rings is 2. The first-order valence-corrected chi connectivity index (χ1v) is 10.7. The van der Waals surface area contributed by atoms with Gasteiger partial charge in [-0.3, -0.25) is 4.68 Å². The summed E-state index contributed by atoms with van der Waals surface area (Å²) >= 11 is 0. The van der Waals surface area contributed by atoms with Crippen molar-refractivity contribution in [2.45, 2.75) is 50.7 Å². The standard InChI is InChI=1S/C26H26N2O3/c1-5-6-19-9-12-21(24(29)30-4)23-22(19)13-27-28(23)17(2)18-7-10-20(11-8-18)26-14-25(3,15-26)31-16-26/h7-13,17H,14-16H2,1-4H3. The van der Waals surface area contributed by atoms with Crippen molar-refractivity contribution in [3.05, 3.63) is 64.8 Å². The molecule has 6 rings (SSSR count). The van der Waals surface area contributed by atoms with Gasteiger partial charge in [-0.05, 0) is 56.9 Å². The number of ether oxygens (including phenoxy) is 2. The number of hydrogen-bond donors (Lipinski definition) is 0. The Hall–Kier alpha value is -3.10. The van der Waals surface area contributed by atoms with E-state index in [0.717, 1.165) is 41.5 Å². The van der Waals surface area contributed by atoms with Crippen LogP contribution in [0.15, 0.2) is 42.6 Å². The number of methoxy groups -OCH3 is 1. The first kappa shape index (κ1) is 19.8. The summed E-state index contributed by atoms with van der Waals surface area (Å²) in [6, 6.07) is 12.4. The number of carbonyl (C=O) groups excluding carboxylic acids is 1. The van der Waals surface area contributed by atoms with Crippen LogP contribution in [0.3, 0.4) is 0 Å². The van der Waals surface area contributed by atoms with Gasteiger partial charge >= 0.3 is 5.97 Å². The molecule has 2 aliphatic heterocycles. The average molecular weight is 415 g/mol. The highest BCUT2D eigenvalue weighted by Crippen LogP contribution is 2.58. The minimum absolute atomic E-state index is 0.0521. The zero-order chi connectivity index (χ0) is 21.8. The highest BCUT2D eigenvalue weighted by atomic mass is 16.5. The van der Waals surface area contributed by atoms with Gasteiger partial charge in [-0.1, -0.05) is 30.2 Å². The second-order valence-corrected chi connectivity index (χ2v) is 9.05. The van der Waals surface area contributed by atoms with E-state index in [1.807, 2.05) is 10.7 Å². The van der Waals surface area contributed by atoms with Crippen LogP contribution in [0.4, 0.5) is 0 Å². The van der Waals surface area contributed by atoms with E-state index >= 15 is 0 Å². The van der Waals surface area contributed by atoms with Crippen molar-refractivity contribution in [1.29, 1.82) is 0 Å². The topological polar surface area (TPSA) is 53.3 Å². The fourth-order valence-electron chi connectivity index (χ4n) is 5.42. The van der Waals surface area contributed by atoms with Crippen molar-refractivity contribution in [2.75, 3.05) is 13.7 Å². The molecular formula is C26H26N2O3. The Balaban J connectivity index is 1.54. The molecule has 1 aliphatic carbocycles. The van der Waals surface area contributed by atoms with Gasteiger partial charge in [0.2, 0.25) is 0 Å². The summed E-state index contributed by atoms with van der Waals surface area (Å²) in [6.45, 7) is 6.91. The Morgan fingerprint density at radius 2 is 1.97 bits per heavy atom. The third-order valence-corrected chi connectivity index (χ3v) is 6.92. The largest absolute Gasteiger partial charge is 0.465 e. The molecule has 1 saturated carbocycles. The lowest BCUT2D eigenvalue weighted by Crippen LogP contribution is -2.44. The Labute approximate surface area is 182 Å². The number of rotatable bonds is 4. The molecule has 2 bridgehead atoms. The molecule has 3 aliphatic rings. The Morgan fingerprint density at radius 1 is 1.23 bits per heavy atom. The second-order valence-electron chi connectivity index (χ2n) is 9.05. The van der Waals surface area contributed by atoms with Gasteiger partial charge in [0.1, 0.15) is 0 Å². The van der Waals surface area contributed by atoms with Crippen LogP contribution in [0.5, 0.6) is 0 Å². The van der Waals surface area contributed by atoms with Crippen LogP contribution in [-0.4, -0.2) is 35.1 Å². The van der Waals surface area contributed by atoms with Crippen molar-refractivity contribution >= 4 is 16.9 Å². The van der Waals surface area contributed by atoms with Crippen molar-refractivity contribution in [2.24, 2.45) is 0 Å². The summed E-state index contributed by atoms with van der Waals surface area (Å²) in [5.41, 5.74) is 4.84. The van der Waals surface area contributed by atoms with Crippen LogP contribution < -0.4 is 0 Å². The Bertz CT molecular complexity index is 1240. The molecule has 0 spiro atoms. The van der Waals surface area contributed by atoms with Crippen LogP contribution in [0.2, 0.25) is 0 Å². The summed E-state index contributed by atoms with van der Waals surface area (Å²) in [7, 11) is 1.40. The first-order chi connectivity index (χ1) is 14.9. The lowest BCUT2D eigenvalue weighted by atomic mass is 9.60. The van der Waals surface area contributed by atoms with E-state index in [1.54, 1.807) is 19.2 Å². The molecule has 5 heteroatoms. The van der Waals surface area contributed by atoms with Gasteiger partial charge in [-0.2, -0.15) is 5.10 Å². The lowest BCUT2D eigenvalue weighted by Gasteiger charge is -2.42. The highest BCUT2D eigenvalue weighted by Gasteiger charge is 2.60. The van der Waals surface area contributed by atoms with E-state index in [9.17, 15) is 4.79 Å². The SMILES string of the molecule is CC#Cc1ccc(C(=O)OC)c2c1cnn2C(C)c1ccc(C23COC(C)(C2)C3)cc1. The first-order valence-electron chi connectivity index (χ1n) is 10.7. The van der Waals surface area contributed by atoms with E-state index in [2.05, 4.69) is 55.1 Å². The number of carbonyl (C=O) groups is 1. The fraction of sp³-hybridized carbons (Fsp3) is 0.385. The molecule has 31 heavy (non-hydrogen) atoms. The maximum absolute atomic E-state index is 12.5. The van der Waals surface area contributed by atoms with Gasteiger partial charge in [0.05, 0.1) is 42.6 Å². The zero-order valence-corrected chi connectivity index (χ0v) is 18.4. The van der Waals surface area contributed by atoms with E-state index in [1.165, 1.54) is 12.7 Å². The molecule has 0 radical (unpaired) electrons. The number of hydrogen-bond acceptors (Lipinski definition) is 4. The van der Waals surface area contributed by atoms with Gasteiger partial charge in [0.15, 0.2) is 0 Å². The number of nitrogens with zero attached hydrogens (tertiary/aromatic N) is 2. The molecular weight excluding hydrogens is 388 g/mol. The Kier molecular flexibility index (Phi) is 4.46. The lowest BCUT2D eigenvalue weighted by molar-refractivity contribution is 0.0158. The minimum atomic E-state index is -0.376. The highest BCUT2D eigenvalue weighted by molar-refractivity contribution is 6.04. The summed E-state index contributed by atoms with van der Waals surface area (Å²) in [5, 5.41) is 5.50. The van der Waals surface area contributed by atoms with Gasteiger partial charge in [-0.25, -0.2) is 4.79 Å². The van der Waals surface area contributed by atoms with Crippen LogP contribution >= 0.6 is 0 Å². The predicted octanol–water partition coefficient (Wildman–Crippen LogP) is 4.62.